The van der Waals surface area contributed by atoms with Gasteiger partial charge in [0.2, 0.25) is 0 Å². The minimum atomic E-state index is -4.71. The fraction of sp³-hybridized carbons (Fsp3) is 0.227. The van der Waals surface area contributed by atoms with Crippen molar-refractivity contribution in [1.82, 2.24) is 45.3 Å². The van der Waals surface area contributed by atoms with Gasteiger partial charge in [-0.25, -0.2) is 59.3 Å². The van der Waals surface area contributed by atoms with Crippen molar-refractivity contribution in [3.05, 3.63) is 245 Å². The zero-order valence-electron chi connectivity index (χ0n) is 52.2. The van der Waals surface area contributed by atoms with E-state index in [0.717, 1.165) is 50.4 Å². The number of alkyl carbamates (subject to hydrolysis) is 3. The van der Waals surface area contributed by atoms with Gasteiger partial charge in [-0.1, -0.05) is 34.8 Å². The second-order valence-electron chi connectivity index (χ2n) is 22.9. The molecular formula is C66H54Cl3F6N12O13P. The molecule has 6 amide bonds. The highest BCUT2D eigenvalue weighted by Crippen LogP contribution is 2.50. The molecule has 0 saturated heterocycles. The van der Waals surface area contributed by atoms with Gasteiger partial charge in [-0.15, -0.1) is 0 Å². The van der Waals surface area contributed by atoms with Crippen LogP contribution in [0.2, 0.25) is 15.1 Å². The Hall–Kier alpha value is -10.3. The number of ether oxygens (including phenoxy) is 3. The number of fused-ring (bicyclic) bond motifs is 3. The molecular weight excluding hydrogens is 1420 g/mol. The highest BCUT2D eigenvalue weighted by Gasteiger charge is 2.36. The molecule has 0 bridgehead atoms. The van der Waals surface area contributed by atoms with Gasteiger partial charge in [0, 0.05) is 69.0 Å². The first-order valence-electron chi connectivity index (χ1n) is 30.6. The third kappa shape index (κ3) is 16.8. The Morgan fingerprint density at radius 2 is 0.693 bits per heavy atom. The number of benzene rings is 6. The molecule has 524 valence electrons. The molecule has 0 saturated carbocycles. The lowest BCUT2D eigenvalue weighted by Crippen LogP contribution is -2.28. The van der Waals surface area contributed by atoms with Crippen LogP contribution in [0, 0.1) is 34.9 Å². The van der Waals surface area contributed by atoms with Crippen LogP contribution in [0.5, 0.6) is 0 Å². The van der Waals surface area contributed by atoms with Crippen LogP contribution < -0.4 is 31.9 Å². The van der Waals surface area contributed by atoms with Crippen LogP contribution >= 0.6 is 42.6 Å². The number of hydrogen-bond acceptors (Lipinski definition) is 16. The molecule has 12 rings (SSSR count). The fourth-order valence-corrected chi connectivity index (χ4v) is 13.2. The van der Waals surface area contributed by atoms with E-state index in [-0.39, 0.29) is 121 Å². The van der Waals surface area contributed by atoms with Crippen molar-refractivity contribution in [3.63, 3.8) is 0 Å². The van der Waals surface area contributed by atoms with E-state index in [0.29, 0.717) is 16.7 Å². The molecule has 3 atom stereocenters. The van der Waals surface area contributed by atoms with E-state index in [1.165, 1.54) is 91.4 Å². The summed E-state index contributed by atoms with van der Waals surface area (Å²) in [6.07, 6.45) is 2.63. The van der Waals surface area contributed by atoms with Gasteiger partial charge in [0.25, 0.3) is 17.7 Å². The lowest BCUT2D eigenvalue weighted by atomic mass is 10.0. The Balaban J connectivity index is 0.657. The fourth-order valence-electron chi connectivity index (χ4n) is 11.7. The Kier molecular flexibility index (Phi) is 21.4. The predicted octanol–water partition coefficient (Wildman–Crippen LogP) is 14.0. The summed E-state index contributed by atoms with van der Waals surface area (Å²) in [6, 6.07) is 19.8. The number of nitrogens with one attached hydrogen (secondary N) is 6. The number of halogens is 9. The van der Waals surface area contributed by atoms with E-state index in [2.05, 4.69) is 47.2 Å². The maximum atomic E-state index is 15.3. The number of amides is 6. The van der Waals surface area contributed by atoms with Crippen LogP contribution in [0.4, 0.5) is 57.8 Å². The van der Waals surface area contributed by atoms with Gasteiger partial charge in [0.15, 0.2) is 20.2 Å². The SMILES string of the molecule is O=C(N[C@H]1CCc2c(C(=O)Nc3ccc(F)c(Cl)c3)ccc(F)c21)OCc1ccn(COP(=O)(OCn2ccc(COC(=O)N[C@H]3CCc4c(C(=O)Nc5ccc(F)c(Cl)c5)ccc(F)c43)n2)OCn2ccc(COC(=O)N[C@H]3CCc4c(C(=O)Nc5ccc(F)c(Cl)c5)ccc(F)c43)n2)n1. The van der Waals surface area contributed by atoms with Gasteiger partial charge < -0.3 is 46.1 Å². The average Bonchev–Trinajstić information content (AvgIpc) is 1.67. The molecule has 6 N–H and O–H groups in total. The minimum Gasteiger partial charge on any atom is -0.443 e. The molecule has 3 aromatic heterocycles. The van der Waals surface area contributed by atoms with Gasteiger partial charge in [0.05, 0.1) is 33.2 Å². The average molecular weight is 1470 g/mol. The lowest BCUT2D eigenvalue weighted by Gasteiger charge is -2.18. The summed E-state index contributed by atoms with van der Waals surface area (Å²) in [5.41, 5.74) is 2.87. The molecule has 9 aromatic rings. The molecule has 6 aromatic carbocycles. The third-order valence-corrected chi connectivity index (χ3v) is 18.5. The summed E-state index contributed by atoms with van der Waals surface area (Å²) in [5.74, 6) is -5.88. The van der Waals surface area contributed by atoms with Crippen LogP contribution in [0.15, 0.2) is 128 Å². The molecule has 0 unspecified atom stereocenters. The van der Waals surface area contributed by atoms with E-state index >= 15 is 13.2 Å². The number of carbonyl (C=O) groups excluding carboxylic acids is 6. The minimum absolute atomic E-state index is 0.0867. The molecule has 0 spiro atoms. The van der Waals surface area contributed by atoms with Gasteiger partial charge in [-0.3, -0.25) is 28.0 Å². The van der Waals surface area contributed by atoms with E-state index in [1.807, 2.05) is 0 Å². The van der Waals surface area contributed by atoms with Gasteiger partial charge in [-0.2, -0.15) is 15.3 Å². The van der Waals surface area contributed by atoms with E-state index in [1.54, 1.807) is 0 Å². The summed E-state index contributed by atoms with van der Waals surface area (Å²) in [5, 5.41) is 28.0. The Morgan fingerprint density at radius 3 is 0.970 bits per heavy atom. The Morgan fingerprint density at radius 1 is 0.416 bits per heavy atom. The van der Waals surface area contributed by atoms with E-state index in [4.69, 9.17) is 62.6 Å². The summed E-state index contributed by atoms with van der Waals surface area (Å²) in [7, 11) is -4.71. The van der Waals surface area contributed by atoms with E-state index < -0.39 is 137 Å². The lowest BCUT2D eigenvalue weighted by molar-refractivity contribution is 0.0451. The molecule has 3 aliphatic carbocycles. The van der Waals surface area contributed by atoms with Crippen molar-refractivity contribution >= 4 is 95.7 Å². The molecule has 25 nitrogen and oxygen atoms in total. The standard InChI is InChI=1S/C66H54Cl3F6N12O13P/c67-46-25-34(1-10-49(46)70)76-61(88)43-4-13-52(73)58-40(43)7-16-55(58)79-64(91)95-28-37-19-22-85(82-37)31-98-101(94,99-32-86-23-20-38(83-86)29-96-65(92)80-56-17-8-41-44(5-14-53(74)59(41)56)62(89)77-35-2-11-50(71)47(68)26-35)100-33-87-24-21-39(84-87)30-97-66(93)81-57-18-9-42-45(6-15-54(75)60(42)57)63(90)78-36-3-12-51(72)48(69)27-36/h1-6,10-15,19-27,55-57H,7-9,16-18,28-33H2,(H,76,88)(H,77,89)(H,78,90)(H,79,91)(H,80,92)(H,81,93)/t55-,56-,57-/m0/s1. The van der Waals surface area contributed by atoms with Crippen LogP contribution in [0.25, 0.3) is 0 Å². The number of rotatable bonds is 24. The monoisotopic (exact) mass is 1470 g/mol. The normalized spacial score (nSPS) is 15.1. The molecule has 3 heterocycles. The highest BCUT2D eigenvalue weighted by molar-refractivity contribution is 7.48. The predicted molar refractivity (Wildman–Crippen MR) is 348 cm³/mol. The van der Waals surface area contributed by atoms with Crippen LogP contribution in [-0.2, 0) is 91.6 Å². The third-order valence-electron chi connectivity index (χ3n) is 16.3. The summed E-state index contributed by atoms with van der Waals surface area (Å²) in [6.45, 7) is -3.03. The number of anilines is 3. The second-order valence-corrected chi connectivity index (χ2v) is 25.8. The number of nitrogens with zero attached hydrogens (tertiary/aromatic N) is 6. The largest absolute Gasteiger partial charge is 0.480 e. The van der Waals surface area contributed by atoms with Gasteiger partial charge in [0.1, 0.15) is 71.8 Å². The van der Waals surface area contributed by atoms with Crippen molar-refractivity contribution < 1.29 is 87.5 Å². The molecule has 0 aliphatic heterocycles. The molecule has 0 radical (unpaired) electrons. The molecule has 3 aliphatic rings. The van der Waals surface area contributed by atoms with Gasteiger partial charge >= 0.3 is 26.1 Å². The molecule has 101 heavy (non-hydrogen) atoms. The number of phosphoric ester groups is 1. The van der Waals surface area contributed by atoms with Gasteiger partial charge in [-0.05, 0) is 164 Å². The number of phosphoric acid groups is 1. The summed E-state index contributed by atoms with van der Waals surface area (Å²) in [4.78, 5) is 79.2. The summed E-state index contributed by atoms with van der Waals surface area (Å²) >= 11 is 17.6. The molecule has 0 fully saturated rings. The maximum absolute atomic E-state index is 15.3. The maximum Gasteiger partial charge on any atom is 0.480 e. The van der Waals surface area contributed by atoms with Crippen LogP contribution in [0.1, 0.15) is 119 Å². The first kappa shape index (κ1) is 70.6. The highest BCUT2D eigenvalue weighted by atomic mass is 35.5. The zero-order chi connectivity index (χ0) is 71.2. The summed E-state index contributed by atoms with van der Waals surface area (Å²) < 4.78 is 139. The Bertz CT molecular complexity index is 4330. The van der Waals surface area contributed by atoms with Crippen LogP contribution in [-0.4, -0.2) is 65.3 Å². The molecule has 35 heteroatoms. The van der Waals surface area contributed by atoms with Crippen LogP contribution in [0.3, 0.4) is 0 Å². The number of carbonyl (C=O) groups is 6. The Labute approximate surface area is 583 Å². The zero-order valence-corrected chi connectivity index (χ0v) is 55.3. The van der Waals surface area contributed by atoms with E-state index in [9.17, 15) is 46.5 Å². The first-order chi connectivity index (χ1) is 48.5. The van der Waals surface area contributed by atoms with Crippen molar-refractivity contribution in [1.29, 1.82) is 0 Å². The quantitative estimate of drug-likeness (QED) is 0.0186. The number of aromatic nitrogens is 6. The second kappa shape index (κ2) is 30.7. The van der Waals surface area contributed by atoms with Crippen molar-refractivity contribution in [2.24, 2.45) is 0 Å². The number of hydrogen-bond donors (Lipinski definition) is 6. The van der Waals surface area contributed by atoms with Crippen molar-refractivity contribution in [3.8, 4) is 0 Å². The van der Waals surface area contributed by atoms with Crippen molar-refractivity contribution in [2.45, 2.75) is 96.7 Å². The van der Waals surface area contributed by atoms with Crippen molar-refractivity contribution in [2.75, 3.05) is 16.0 Å². The topological polar surface area (TPSA) is 301 Å². The first-order valence-corrected chi connectivity index (χ1v) is 33.2. The smallest absolute Gasteiger partial charge is 0.443 e.